The first-order valence-electron chi connectivity index (χ1n) is 8.33. The topological polar surface area (TPSA) is 61.4 Å². The number of nitrogens with zero attached hydrogens (tertiary/aromatic N) is 4. The molecule has 2 aromatic carbocycles. The number of hydrogen-bond acceptors (Lipinski definition) is 4. The molecule has 2 heterocycles. The van der Waals surface area contributed by atoms with Crippen molar-refractivity contribution in [3.63, 3.8) is 0 Å². The molecule has 26 heavy (non-hydrogen) atoms. The van der Waals surface area contributed by atoms with E-state index in [2.05, 4.69) is 10.2 Å². The van der Waals surface area contributed by atoms with Gasteiger partial charge in [-0.2, -0.15) is 0 Å². The van der Waals surface area contributed by atoms with Crippen LogP contribution in [0.5, 0.6) is 5.75 Å². The number of halogens is 1. The minimum atomic E-state index is -0.0988. The molecule has 0 atom stereocenters. The summed E-state index contributed by atoms with van der Waals surface area (Å²) in [7, 11) is 1.69. The van der Waals surface area contributed by atoms with E-state index in [0.717, 1.165) is 28.3 Å². The van der Waals surface area contributed by atoms with Crippen molar-refractivity contribution in [1.82, 2.24) is 19.2 Å². The molecular weight excluding hydrogens is 352 g/mol. The fourth-order valence-corrected chi connectivity index (χ4v) is 3.30. The van der Waals surface area contributed by atoms with Gasteiger partial charge in [0.1, 0.15) is 12.4 Å². The van der Waals surface area contributed by atoms with Gasteiger partial charge in [-0.25, -0.2) is 0 Å². The van der Waals surface area contributed by atoms with Crippen LogP contribution in [0.1, 0.15) is 18.3 Å². The van der Waals surface area contributed by atoms with Crippen molar-refractivity contribution in [2.45, 2.75) is 20.0 Å². The van der Waals surface area contributed by atoms with Crippen molar-refractivity contribution < 1.29 is 4.74 Å². The number of fused-ring (bicyclic) bond motifs is 3. The van der Waals surface area contributed by atoms with E-state index >= 15 is 0 Å². The second kappa shape index (κ2) is 6.46. The summed E-state index contributed by atoms with van der Waals surface area (Å²) in [5.74, 6) is 1.83. The van der Waals surface area contributed by atoms with Gasteiger partial charge in [0.05, 0.1) is 10.9 Å². The average Bonchev–Trinajstić information content (AvgIpc) is 3.09. The first-order chi connectivity index (χ1) is 12.6. The van der Waals surface area contributed by atoms with Crippen LogP contribution in [-0.2, 0) is 20.1 Å². The lowest BCUT2D eigenvalue weighted by atomic mass is 10.1. The molecule has 0 spiro atoms. The van der Waals surface area contributed by atoms with Crippen molar-refractivity contribution in [3.8, 4) is 5.75 Å². The lowest BCUT2D eigenvalue weighted by Gasteiger charge is -2.10. The Kier molecular flexibility index (Phi) is 4.12. The Balaban J connectivity index is 1.77. The first kappa shape index (κ1) is 16.6. The Morgan fingerprint density at radius 1 is 1.15 bits per heavy atom. The van der Waals surface area contributed by atoms with Crippen molar-refractivity contribution >= 4 is 28.3 Å². The van der Waals surface area contributed by atoms with Gasteiger partial charge in [0.15, 0.2) is 5.82 Å². The molecule has 0 fully saturated rings. The zero-order valence-corrected chi connectivity index (χ0v) is 15.2. The fraction of sp³-hybridized carbons (Fsp3) is 0.211. The highest BCUT2D eigenvalue weighted by molar-refractivity contribution is 6.31. The van der Waals surface area contributed by atoms with Gasteiger partial charge >= 0.3 is 0 Å². The molecule has 0 aliphatic carbocycles. The Morgan fingerprint density at radius 2 is 1.96 bits per heavy atom. The van der Waals surface area contributed by atoms with Crippen LogP contribution in [0.15, 0.2) is 47.3 Å². The molecule has 0 bridgehead atoms. The van der Waals surface area contributed by atoms with E-state index in [1.165, 1.54) is 4.57 Å². The largest absolute Gasteiger partial charge is 0.486 e. The summed E-state index contributed by atoms with van der Waals surface area (Å²) >= 11 is 6.16. The SMILES string of the molecule is CCc1cc(OCc2nnc3n(C)c(=O)c4ccccc4n23)ccc1Cl. The molecule has 0 N–H and O–H groups in total. The molecule has 0 radical (unpaired) electrons. The number of aromatic nitrogens is 4. The predicted octanol–water partition coefficient (Wildman–Crippen LogP) is 3.38. The molecule has 2 aromatic heterocycles. The Morgan fingerprint density at radius 3 is 2.77 bits per heavy atom. The van der Waals surface area contributed by atoms with Crippen molar-refractivity contribution in [2.24, 2.45) is 7.05 Å². The average molecular weight is 369 g/mol. The Bertz CT molecular complexity index is 1180. The smallest absolute Gasteiger partial charge is 0.262 e. The van der Waals surface area contributed by atoms with Gasteiger partial charge < -0.3 is 4.74 Å². The Hall–Kier alpha value is -2.86. The number of rotatable bonds is 4. The van der Waals surface area contributed by atoms with Crippen LogP contribution in [0, 0.1) is 0 Å². The molecule has 132 valence electrons. The van der Waals surface area contributed by atoms with E-state index in [-0.39, 0.29) is 12.2 Å². The molecule has 4 aromatic rings. The van der Waals surface area contributed by atoms with Gasteiger partial charge in [-0.15, -0.1) is 10.2 Å². The Labute approximate surface area is 154 Å². The van der Waals surface area contributed by atoms with Gasteiger partial charge in [-0.3, -0.25) is 13.8 Å². The lowest BCUT2D eigenvalue weighted by molar-refractivity contribution is 0.294. The minimum Gasteiger partial charge on any atom is -0.486 e. The maximum atomic E-state index is 12.5. The molecule has 0 saturated carbocycles. The summed E-state index contributed by atoms with van der Waals surface area (Å²) in [6.07, 6.45) is 0.830. The van der Waals surface area contributed by atoms with Crippen LogP contribution >= 0.6 is 11.6 Å². The zero-order valence-electron chi connectivity index (χ0n) is 14.4. The predicted molar refractivity (Wildman–Crippen MR) is 101 cm³/mol. The van der Waals surface area contributed by atoms with Crippen LogP contribution in [-0.4, -0.2) is 19.2 Å². The van der Waals surface area contributed by atoms with E-state index < -0.39 is 0 Å². The highest BCUT2D eigenvalue weighted by atomic mass is 35.5. The van der Waals surface area contributed by atoms with Crippen LogP contribution in [0.4, 0.5) is 0 Å². The summed E-state index contributed by atoms with van der Waals surface area (Å²) in [6.45, 7) is 2.28. The maximum Gasteiger partial charge on any atom is 0.262 e. The molecule has 0 saturated heterocycles. The minimum absolute atomic E-state index is 0.0988. The quantitative estimate of drug-likeness (QED) is 0.554. The highest BCUT2D eigenvalue weighted by Gasteiger charge is 2.15. The van der Waals surface area contributed by atoms with Crippen LogP contribution in [0.3, 0.4) is 0 Å². The molecule has 4 rings (SSSR count). The van der Waals surface area contributed by atoms with Crippen molar-refractivity contribution in [1.29, 1.82) is 0 Å². The summed E-state index contributed by atoms with van der Waals surface area (Å²) < 4.78 is 9.26. The number of aryl methyl sites for hydroxylation is 2. The van der Waals surface area contributed by atoms with E-state index in [0.29, 0.717) is 17.0 Å². The van der Waals surface area contributed by atoms with Gasteiger partial charge in [0.25, 0.3) is 5.56 Å². The van der Waals surface area contributed by atoms with E-state index in [4.69, 9.17) is 16.3 Å². The molecule has 0 amide bonds. The third-order valence-corrected chi connectivity index (χ3v) is 4.83. The summed E-state index contributed by atoms with van der Waals surface area (Å²) in [5.41, 5.74) is 1.70. The van der Waals surface area contributed by atoms with Crippen LogP contribution < -0.4 is 10.3 Å². The second-order valence-electron chi connectivity index (χ2n) is 6.03. The van der Waals surface area contributed by atoms with Crippen LogP contribution in [0.25, 0.3) is 16.7 Å². The van der Waals surface area contributed by atoms with Gasteiger partial charge in [0.2, 0.25) is 5.78 Å². The van der Waals surface area contributed by atoms with Crippen molar-refractivity contribution in [2.75, 3.05) is 0 Å². The molecule has 7 heteroatoms. The number of ether oxygens (including phenoxy) is 1. The van der Waals surface area contributed by atoms with E-state index in [1.54, 1.807) is 13.1 Å². The maximum absolute atomic E-state index is 12.5. The monoisotopic (exact) mass is 368 g/mol. The van der Waals surface area contributed by atoms with E-state index in [1.807, 2.05) is 47.7 Å². The lowest BCUT2D eigenvalue weighted by Crippen LogP contribution is -2.20. The standard InChI is InChI=1S/C19H17ClN4O2/c1-3-12-10-13(8-9-15(12)20)26-11-17-21-22-19-23(2)18(25)14-6-4-5-7-16(14)24(17)19/h4-10H,3,11H2,1-2H3. The van der Waals surface area contributed by atoms with Gasteiger partial charge in [-0.1, -0.05) is 30.7 Å². The zero-order chi connectivity index (χ0) is 18.3. The van der Waals surface area contributed by atoms with Crippen LogP contribution in [0.2, 0.25) is 5.02 Å². The normalized spacial score (nSPS) is 11.3. The summed E-state index contributed by atoms with van der Waals surface area (Å²) in [6, 6.07) is 13.0. The number of para-hydroxylation sites is 1. The van der Waals surface area contributed by atoms with Gasteiger partial charge in [0, 0.05) is 12.1 Å². The molecular formula is C19H17ClN4O2. The summed E-state index contributed by atoms with van der Waals surface area (Å²) in [4.78, 5) is 12.5. The molecule has 0 aliphatic rings. The van der Waals surface area contributed by atoms with Gasteiger partial charge in [-0.05, 0) is 42.3 Å². The van der Waals surface area contributed by atoms with E-state index in [9.17, 15) is 4.79 Å². The highest BCUT2D eigenvalue weighted by Crippen LogP contribution is 2.23. The molecule has 0 unspecified atom stereocenters. The molecule has 0 aliphatic heterocycles. The fourth-order valence-electron chi connectivity index (χ4n) is 3.05. The first-order valence-corrected chi connectivity index (χ1v) is 8.71. The summed E-state index contributed by atoms with van der Waals surface area (Å²) in [5, 5.41) is 9.73. The third kappa shape index (κ3) is 2.63. The third-order valence-electron chi connectivity index (χ3n) is 4.46. The number of hydrogen-bond donors (Lipinski definition) is 0. The number of benzene rings is 2. The van der Waals surface area contributed by atoms with Crippen molar-refractivity contribution in [3.05, 3.63) is 69.2 Å². The molecule has 6 nitrogen and oxygen atoms in total. The second-order valence-corrected chi connectivity index (χ2v) is 6.44.